The van der Waals surface area contributed by atoms with E-state index < -0.39 is 27.7 Å². The maximum absolute atomic E-state index is 14.0. The van der Waals surface area contributed by atoms with Gasteiger partial charge in [0.15, 0.2) is 5.65 Å². The van der Waals surface area contributed by atoms with E-state index in [2.05, 4.69) is 4.98 Å². The lowest BCUT2D eigenvalue weighted by atomic mass is 10.1. The molecule has 0 saturated carbocycles. The second kappa shape index (κ2) is 9.35. The first kappa shape index (κ1) is 25.6. The highest BCUT2D eigenvalue weighted by atomic mass is 32.2. The number of likely N-dealkylation sites (N-methyl/N-ethyl adjacent to an activating group) is 1. The SMILES string of the molecule is COC(=O)c1ccc(Cc2cc3cc(C(F)(F)F)cnc3n2S(=O)(=O)c2ccc3c(c2)N(C)CCO3)cc1. The van der Waals surface area contributed by atoms with Gasteiger partial charge in [-0.1, -0.05) is 12.1 Å². The zero-order valence-corrected chi connectivity index (χ0v) is 21.1. The summed E-state index contributed by atoms with van der Waals surface area (Å²) < 4.78 is 79.3. The molecule has 0 aliphatic carbocycles. The third-order valence-corrected chi connectivity index (χ3v) is 8.06. The first-order valence-corrected chi connectivity index (χ1v) is 12.9. The van der Waals surface area contributed by atoms with Gasteiger partial charge < -0.3 is 14.4 Å². The van der Waals surface area contributed by atoms with Crippen LogP contribution in [0.1, 0.15) is 27.2 Å². The van der Waals surface area contributed by atoms with E-state index in [0.717, 1.165) is 10.0 Å². The molecule has 0 spiro atoms. The van der Waals surface area contributed by atoms with Crippen LogP contribution < -0.4 is 9.64 Å². The van der Waals surface area contributed by atoms with E-state index in [1.54, 1.807) is 18.2 Å². The molecular formula is C26H22F3N3O5S. The summed E-state index contributed by atoms with van der Waals surface area (Å²) in [6, 6.07) is 13.0. The first-order chi connectivity index (χ1) is 18.0. The molecule has 0 bridgehead atoms. The average Bonchev–Trinajstić information content (AvgIpc) is 3.26. The predicted molar refractivity (Wildman–Crippen MR) is 133 cm³/mol. The van der Waals surface area contributed by atoms with Gasteiger partial charge >= 0.3 is 12.1 Å². The van der Waals surface area contributed by atoms with Gasteiger partial charge in [-0.2, -0.15) is 13.2 Å². The molecule has 4 aromatic rings. The highest BCUT2D eigenvalue weighted by Gasteiger charge is 2.33. The summed E-state index contributed by atoms with van der Waals surface area (Å²) in [6.07, 6.45) is -3.97. The summed E-state index contributed by atoms with van der Waals surface area (Å²) in [6.45, 7) is 1.03. The van der Waals surface area contributed by atoms with Crippen LogP contribution in [-0.2, 0) is 27.4 Å². The van der Waals surface area contributed by atoms with E-state index in [-0.39, 0.29) is 28.0 Å². The van der Waals surface area contributed by atoms with E-state index in [1.807, 2.05) is 11.9 Å². The predicted octanol–water partition coefficient (Wildman–Crippen LogP) is 4.50. The molecule has 198 valence electrons. The van der Waals surface area contributed by atoms with Crippen molar-refractivity contribution in [2.24, 2.45) is 0 Å². The Morgan fingerprint density at radius 3 is 2.53 bits per heavy atom. The zero-order chi connectivity index (χ0) is 27.2. The fraction of sp³-hybridized carbons (Fsp3) is 0.231. The number of ether oxygens (including phenoxy) is 2. The van der Waals surface area contributed by atoms with Gasteiger partial charge in [-0.05, 0) is 48.0 Å². The Morgan fingerprint density at radius 2 is 1.84 bits per heavy atom. The van der Waals surface area contributed by atoms with E-state index in [9.17, 15) is 26.4 Å². The average molecular weight is 546 g/mol. The standard InChI is InChI=1S/C26H22F3N3O5S/c1-31-9-10-37-23-8-7-21(14-22(23)31)38(34,35)32-20(11-16-3-5-17(6-4-16)25(33)36-2)13-18-12-19(26(27,28)29)15-30-24(18)32/h3-8,12-15H,9-11H2,1-2H3. The summed E-state index contributed by atoms with van der Waals surface area (Å²) >= 11 is 0. The smallest absolute Gasteiger partial charge is 0.417 e. The van der Waals surface area contributed by atoms with Crippen molar-refractivity contribution >= 4 is 32.7 Å². The van der Waals surface area contributed by atoms with Crippen LogP contribution in [0.2, 0.25) is 0 Å². The minimum Gasteiger partial charge on any atom is -0.490 e. The summed E-state index contributed by atoms with van der Waals surface area (Å²) in [5.74, 6) is 0.00686. The monoisotopic (exact) mass is 545 g/mol. The Morgan fingerprint density at radius 1 is 1.11 bits per heavy atom. The Bertz CT molecular complexity index is 1650. The Hall–Kier alpha value is -4.06. The second-order valence-electron chi connectivity index (χ2n) is 8.80. The molecule has 1 aliphatic rings. The number of alkyl halides is 3. The highest BCUT2D eigenvalue weighted by Crippen LogP contribution is 2.36. The number of halogens is 3. The molecule has 0 amide bonds. The van der Waals surface area contributed by atoms with Gasteiger partial charge in [-0.15, -0.1) is 0 Å². The maximum atomic E-state index is 14.0. The number of nitrogens with zero attached hydrogens (tertiary/aromatic N) is 3. The van der Waals surface area contributed by atoms with Gasteiger partial charge in [-0.25, -0.2) is 22.2 Å². The summed E-state index contributed by atoms with van der Waals surface area (Å²) in [7, 11) is -1.22. The van der Waals surface area contributed by atoms with Gasteiger partial charge in [0.05, 0.1) is 35.4 Å². The molecule has 0 radical (unpaired) electrons. The van der Waals surface area contributed by atoms with Crippen molar-refractivity contribution in [2.45, 2.75) is 17.5 Å². The summed E-state index contributed by atoms with van der Waals surface area (Å²) in [5.41, 5.74) is 0.622. The van der Waals surface area contributed by atoms with Gasteiger partial charge in [0.25, 0.3) is 10.0 Å². The number of carbonyl (C=O) groups is 1. The molecule has 0 N–H and O–H groups in total. The fourth-order valence-corrected chi connectivity index (χ4v) is 5.87. The Kier molecular flexibility index (Phi) is 6.30. The first-order valence-electron chi connectivity index (χ1n) is 11.5. The van der Waals surface area contributed by atoms with Crippen LogP contribution in [0.3, 0.4) is 0 Å². The van der Waals surface area contributed by atoms with Crippen molar-refractivity contribution < 1.29 is 35.9 Å². The number of rotatable bonds is 5. The Labute approximate surface area is 216 Å². The third kappa shape index (κ3) is 4.55. The Balaban J connectivity index is 1.65. The molecule has 2 aromatic carbocycles. The fourth-order valence-electron chi connectivity index (χ4n) is 4.35. The van der Waals surface area contributed by atoms with Crippen LogP contribution in [0, 0.1) is 0 Å². The van der Waals surface area contributed by atoms with Crippen molar-refractivity contribution in [1.82, 2.24) is 8.96 Å². The number of carbonyl (C=O) groups excluding carboxylic acids is 1. The topological polar surface area (TPSA) is 90.7 Å². The molecule has 12 heteroatoms. The molecule has 2 aromatic heterocycles. The lowest BCUT2D eigenvalue weighted by Gasteiger charge is -2.28. The van der Waals surface area contributed by atoms with Crippen molar-refractivity contribution in [3.63, 3.8) is 0 Å². The zero-order valence-electron chi connectivity index (χ0n) is 20.3. The number of benzene rings is 2. The number of fused-ring (bicyclic) bond motifs is 2. The molecule has 0 saturated heterocycles. The minimum atomic E-state index is -4.64. The molecule has 0 fully saturated rings. The van der Waals surface area contributed by atoms with E-state index in [4.69, 9.17) is 9.47 Å². The van der Waals surface area contributed by atoms with E-state index in [1.165, 1.54) is 37.4 Å². The van der Waals surface area contributed by atoms with Crippen LogP contribution in [0.25, 0.3) is 11.0 Å². The lowest BCUT2D eigenvalue weighted by Crippen LogP contribution is -2.29. The molecule has 0 atom stereocenters. The number of hydrogen-bond donors (Lipinski definition) is 0. The third-order valence-electron chi connectivity index (χ3n) is 6.32. The quantitative estimate of drug-likeness (QED) is 0.341. The van der Waals surface area contributed by atoms with Crippen LogP contribution in [0.5, 0.6) is 5.75 Å². The van der Waals surface area contributed by atoms with Crippen molar-refractivity contribution in [3.05, 3.63) is 83.2 Å². The van der Waals surface area contributed by atoms with Gasteiger partial charge in [0.1, 0.15) is 12.4 Å². The number of anilines is 1. The number of esters is 1. The van der Waals surface area contributed by atoms with Crippen LogP contribution in [0.4, 0.5) is 18.9 Å². The van der Waals surface area contributed by atoms with E-state index >= 15 is 0 Å². The molecule has 5 rings (SSSR count). The summed E-state index contributed by atoms with van der Waals surface area (Å²) in [5, 5.41) is 0.0305. The largest absolute Gasteiger partial charge is 0.490 e. The molecule has 0 unspecified atom stereocenters. The molecule has 3 heterocycles. The van der Waals surface area contributed by atoms with Crippen molar-refractivity contribution in [1.29, 1.82) is 0 Å². The number of methoxy groups -OCH3 is 1. The van der Waals surface area contributed by atoms with Crippen molar-refractivity contribution in [2.75, 3.05) is 32.2 Å². The van der Waals surface area contributed by atoms with Crippen molar-refractivity contribution in [3.8, 4) is 5.75 Å². The van der Waals surface area contributed by atoms with Crippen LogP contribution >= 0.6 is 0 Å². The number of aromatic nitrogens is 2. The van der Waals surface area contributed by atoms with Crippen LogP contribution in [0.15, 0.2) is 65.7 Å². The highest BCUT2D eigenvalue weighted by molar-refractivity contribution is 7.90. The summed E-state index contributed by atoms with van der Waals surface area (Å²) in [4.78, 5) is 17.5. The molecule has 38 heavy (non-hydrogen) atoms. The maximum Gasteiger partial charge on any atom is 0.417 e. The lowest BCUT2D eigenvalue weighted by molar-refractivity contribution is -0.137. The normalized spacial score (nSPS) is 13.8. The molecule has 1 aliphatic heterocycles. The van der Waals surface area contributed by atoms with Crippen LogP contribution in [-0.4, -0.2) is 50.7 Å². The second-order valence-corrected chi connectivity index (χ2v) is 10.6. The number of pyridine rings is 1. The number of hydrogen-bond acceptors (Lipinski definition) is 7. The van der Waals surface area contributed by atoms with Gasteiger partial charge in [0.2, 0.25) is 0 Å². The molecule has 8 nitrogen and oxygen atoms in total. The van der Waals surface area contributed by atoms with Gasteiger partial charge in [-0.3, -0.25) is 0 Å². The van der Waals surface area contributed by atoms with Gasteiger partial charge in [0, 0.05) is 30.7 Å². The molecular weight excluding hydrogens is 523 g/mol. The van der Waals surface area contributed by atoms with E-state index in [0.29, 0.717) is 41.9 Å². The minimum absolute atomic E-state index is 0.0305.